The van der Waals surface area contributed by atoms with E-state index in [1.165, 1.54) is 0 Å². The van der Waals surface area contributed by atoms with Crippen LogP contribution in [0.15, 0.2) is 18.2 Å². The Morgan fingerprint density at radius 1 is 1.39 bits per heavy atom. The molecule has 1 N–H and O–H groups in total. The zero-order chi connectivity index (χ0) is 22.1. The second-order valence-corrected chi connectivity index (χ2v) is 3.10. The van der Waals surface area contributed by atoms with Crippen molar-refractivity contribution in [3.8, 4) is 5.75 Å². The molecule has 1 aromatic carbocycles. The number of benzene rings is 1. The van der Waals surface area contributed by atoms with Crippen molar-refractivity contribution in [2.75, 3.05) is 13.1 Å². The molecule has 0 spiro atoms. The van der Waals surface area contributed by atoms with Crippen molar-refractivity contribution in [2.45, 2.75) is 20.1 Å². The fraction of sp³-hybridized carbons (Fsp3) is 0.385. The fourth-order valence-corrected chi connectivity index (χ4v) is 1.26. The summed E-state index contributed by atoms with van der Waals surface area (Å²) in [6.45, 7) is -13.3. The number of aliphatic carboxylic acids is 1. The van der Waals surface area contributed by atoms with Gasteiger partial charge in [-0.2, -0.15) is 0 Å². The van der Waals surface area contributed by atoms with Crippen LogP contribution >= 0.6 is 0 Å². The first-order chi connectivity index (χ1) is 12.4. The summed E-state index contributed by atoms with van der Waals surface area (Å²) in [5.74, 6) is -3.59. The molecule has 18 heavy (non-hydrogen) atoms. The molecule has 0 radical (unpaired) electrons. The molecule has 1 aromatic rings. The summed E-state index contributed by atoms with van der Waals surface area (Å²) >= 11 is 0. The van der Waals surface area contributed by atoms with Crippen LogP contribution in [0, 0.1) is 0 Å². The molecule has 0 saturated carbocycles. The number of esters is 1. The number of hydrogen-bond donors (Lipinski definition) is 1. The molecule has 0 heterocycles. The molecule has 5 nitrogen and oxygen atoms in total. The minimum Gasteiger partial charge on any atom is -0.493 e. The molecule has 0 amide bonds. The number of carboxylic acids is 1. The lowest BCUT2D eigenvalue weighted by Gasteiger charge is -2.10. The Bertz CT molecular complexity index is 753. The Labute approximate surface area is 119 Å². The number of carbonyl (C=O) groups excluding carboxylic acids is 1. The van der Waals surface area contributed by atoms with Crippen molar-refractivity contribution in [1.29, 1.82) is 0 Å². The van der Waals surface area contributed by atoms with Gasteiger partial charge in [-0.3, -0.25) is 4.79 Å². The number of carbonyl (C=O) groups is 2. The fourth-order valence-electron chi connectivity index (χ4n) is 1.26. The Kier molecular flexibility index (Phi) is 1.95. The van der Waals surface area contributed by atoms with E-state index in [0.29, 0.717) is 0 Å². The maximum Gasteiger partial charge on any atom is 0.341 e. The number of hydrogen-bond acceptors (Lipinski definition) is 4. The lowest BCUT2D eigenvalue weighted by atomic mass is 10.1. The van der Waals surface area contributed by atoms with Crippen molar-refractivity contribution in [1.82, 2.24) is 0 Å². The predicted octanol–water partition coefficient (Wildman–Crippen LogP) is 1.89. The van der Waals surface area contributed by atoms with Gasteiger partial charge >= 0.3 is 11.9 Å². The van der Waals surface area contributed by atoms with Crippen molar-refractivity contribution >= 4 is 11.9 Å². The smallest absolute Gasteiger partial charge is 0.341 e. The average molecular weight is 262 g/mol. The van der Waals surface area contributed by atoms with Gasteiger partial charge in [0.15, 0.2) is 0 Å². The van der Waals surface area contributed by atoms with Crippen molar-refractivity contribution in [3.05, 3.63) is 29.3 Å². The van der Waals surface area contributed by atoms with Crippen LogP contribution < -0.4 is 4.74 Å². The SMILES string of the molecule is [2H]C([2H])([2H])C([2H])([2H])OC(=O)c1ccc(CC(=O)O)cc1OC([2H])([2H])C([2H])([2H])[2H]. The summed E-state index contributed by atoms with van der Waals surface area (Å²) in [5.41, 5.74) is -0.672. The summed E-state index contributed by atoms with van der Waals surface area (Å²) in [6, 6.07) is 2.87. The lowest BCUT2D eigenvalue weighted by Crippen LogP contribution is -2.09. The molecule has 0 bridgehead atoms. The van der Waals surface area contributed by atoms with Gasteiger partial charge in [-0.15, -0.1) is 0 Å². The number of rotatable bonds is 6. The summed E-state index contributed by atoms with van der Waals surface area (Å²) in [4.78, 5) is 23.1. The van der Waals surface area contributed by atoms with Crippen LogP contribution in [0.1, 0.15) is 43.3 Å². The van der Waals surface area contributed by atoms with Gasteiger partial charge < -0.3 is 14.6 Å². The minimum atomic E-state index is -3.40. The first kappa shape index (κ1) is 5.30. The Hall–Kier alpha value is -2.04. The zero-order valence-corrected chi connectivity index (χ0v) is 9.02. The molecule has 0 aromatic heterocycles. The highest BCUT2D eigenvalue weighted by atomic mass is 16.5. The van der Waals surface area contributed by atoms with E-state index in [2.05, 4.69) is 4.74 Å². The van der Waals surface area contributed by atoms with Crippen LogP contribution in [0.4, 0.5) is 0 Å². The molecule has 98 valence electrons. The summed E-state index contributed by atoms with van der Waals surface area (Å²) in [5, 5.41) is 8.83. The molecule has 0 aliphatic heterocycles. The van der Waals surface area contributed by atoms with E-state index in [1.54, 1.807) is 0 Å². The van der Waals surface area contributed by atoms with Crippen LogP contribution in [-0.4, -0.2) is 30.2 Å². The van der Waals surface area contributed by atoms with E-state index in [0.717, 1.165) is 18.2 Å². The second-order valence-electron chi connectivity index (χ2n) is 3.10. The van der Waals surface area contributed by atoms with Gasteiger partial charge in [0, 0.05) is 8.22 Å². The van der Waals surface area contributed by atoms with E-state index in [4.69, 9.17) is 23.6 Å². The second kappa shape index (κ2) is 6.64. The minimum absolute atomic E-state index is 0.0132. The average Bonchev–Trinajstić information content (AvgIpc) is 2.43. The molecule has 0 unspecified atom stereocenters. The van der Waals surface area contributed by atoms with Crippen LogP contribution in [0.3, 0.4) is 0 Å². The molecular weight excluding hydrogens is 236 g/mol. The van der Waals surface area contributed by atoms with Crippen molar-refractivity contribution in [3.63, 3.8) is 0 Å². The maximum absolute atomic E-state index is 12.2. The molecule has 0 aliphatic rings. The van der Waals surface area contributed by atoms with E-state index in [1.807, 2.05) is 0 Å². The Morgan fingerprint density at radius 3 is 2.83 bits per heavy atom. The Morgan fingerprint density at radius 2 is 2.17 bits per heavy atom. The molecule has 0 aliphatic carbocycles. The maximum atomic E-state index is 12.2. The topological polar surface area (TPSA) is 72.8 Å². The molecule has 0 saturated heterocycles. The first-order valence-electron chi connectivity index (χ1n) is 9.64. The molecule has 5 heteroatoms. The van der Waals surface area contributed by atoms with Crippen LogP contribution in [0.25, 0.3) is 0 Å². The molecule has 0 fully saturated rings. The molecule has 0 atom stereocenters. The van der Waals surface area contributed by atoms with Gasteiger partial charge in [-0.25, -0.2) is 4.79 Å². The van der Waals surface area contributed by atoms with E-state index < -0.39 is 56.5 Å². The third-order valence-corrected chi connectivity index (χ3v) is 1.93. The largest absolute Gasteiger partial charge is 0.493 e. The quantitative estimate of drug-likeness (QED) is 0.792. The zero-order valence-electron chi connectivity index (χ0n) is 19.0. The van der Waals surface area contributed by atoms with Gasteiger partial charge in [0.05, 0.1) is 25.0 Å². The highest BCUT2D eigenvalue weighted by molar-refractivity contribution is 5.92. The van der Waals surface area contributed by atoms with E-state index in [-0.39, 0.29) is 5.56 Å². The highest BCUT2D eigenvalue weighted by Crippen LogP contribution is 2.22. The van der Waals surface area contributed by atoms with Crippen molar-refractivity contribution < 1.29 is 37.9 Å². The lowest BCUT2D eigenvalue weighted by molar-refractivity contribution is -0.136. The van der Waals surface area contributed by atoms with Gasteiger partial charge in [-0.05, 0) is 31.4 Å². The third-order valence-electron chi connectivity index (χ3n) is 1.93. The number of carboxylic acid groups (broad SMARTS) is 1. The van der Waals surface area contributed by atoms with Crippen LogP contribution in [0.2, 0.25) is 0 Å². The summed E-state index contributed by atoms with van der Waals surface area (Å²) < 4.78 is 81.2. The predicted molar refractivity (Wildman–Crippen MR) is 64.9 cm³/mol. The van der Waals surface area contributed by atoms with Gasteiger partial charge in [-0.1, -0.05) is 6.07 Å². The highest BCUT2D eigenvalue weighted by Gasteiger charge is 2.15. The number of ether oxygens (including phenoxy) is 2. The van der Waals surface area contributed by atoms with Gasteiger partial charge in [0.25, 0.3) is 0 Å². The van der Waals surface area contributed by atoms with E-state index >= 15 is 0 Å². The standard InChI is InChI=1S/C13H16O5/c1-3-17-11-7-9(8-12(14)15)5-6-10(11)13(16)18-4-2/h5-7H,3-4,8H2,1-2H3,(H,14,15)/i1D3,2D3,3D2,4D2. The van der Waals surface area contributed by atoms with Gasteiger partial charge in [0.1, 0.15) is 11.3 Å². The normalized spacial score (nSPS) is 21.1. The summed E-state index contributed by atoms with van der Waals surface area (Å²) in [6.07, 6.45) is -0.571. The van der Waals surface area contributed by atoms with Gasteiger partial charge in [0.2, 0.25) is 0 Å². The Balaban J connectivity index is 3.37. The third kappa shape index (κ3) is 3.76. The van der Waals surface area contributed by atoms with Crippen LogP contribution in [-0.2, 0) is 16.0 Å². The molecular formula is C13H16O5. The van der Waals surface area contributed by atoms with Crippen LogP contribution in [0.5, 0.6) is 5.75 Å². The molecule has 1 rings (SSSR count). The monoisotopic (exact) mass is 262 g/mol. The summed E-state index contributed by atoms with van der Waals surface area (Å²) in [7, 11) is 0. The first-order valence-corrected chi connectivity index (χ1v) is 4.64. The van der Waals surface area contributed by atoms with E-state index in [9.17, 15) is 9.59 Å². The van der Waals surface area contributed by atoms with Crippen molar-refractivity contribution in [2.24, 2.45) is 0 Å².